The van der Waals surface area contributed by atoms with Gasteiger partial charge in [0, 0.05) is 18.8 Å². The van der Waals surface area contributed by atoms with Gasteiger partial charge in [-0.2, -0.15) is 0 Å². The Bertz CT molecular complexity index is 376. The van der Waals surface area contributed by atoms with Crippen LogP contribution in [0.4, 0.5) is 0 Å². The van der Waals surface area contributed by atoms with Crippen LogP contribution >= 0.6 is 0 Å². The van der Waals surface area contributed by atoms with Crippen LogP contribution in [-0.4, -0.2) is 55.7 Å². The molecule has 0 aliphatic heterocycles. The van der Waals surface area contributed by atoms with Crippen molar-refractivity contribution in [1.82, 2.24) is 4.90 Å². The number of aliphatic hydroxyl groups excluding tert-OH is 1. The fourth-order valence-electron chi connectivity index (χ4n) is 3.32. The minimum atomic E-state index is -2.89. The van der Waals surface area contributed by atoms with Crippen molar-refractivity contribution < 1.29 is 13.5 Å². The smallest absolute Gasteiger partial charge is 0.150 e. The van der Waals surface area contributed by atoms with Crippen molar-refractivity contribution in [3.63, 3.8) is 0 Å². The molecule has 0 aromatic carbocycles. The molecule has 2 saturated carbocycles. The van der Waals surface area contributed by atoms with E-state index in [4.69, 9.17) is 0 Å². The number of nitrogens with zero attached hydrogens (tertiary/aromatic N) is 1. The van der Waals surface area contributed by atoms with Gasteiger partial charge in [-0.1, -0.05) is 6.42 Å². The van der Waals surface area contributed by atoms with Gasteiger partial charge in [-0.3, -0.25) is 0 Å². The summed E-state index contributed by atoms with van der Waals surface area (Å²) in [5.74, 6) is 0.601. The summed E-state index contributed by atoms with van der Waals surface area (Å²) < 4.78 is 23.3. The standard InChI is InChI=1S/C13H25NO3S/c1-14(9-10-6-12(15)7-10)11-4-3-5-13(8-11)18(2,16)17/h10-13,15H,3-9H2,1-2H3. The van der Waals surface area contributed by atoms with Crippen molar-refractivity contribution in [3.05, 3.63) is 0 Å². The maximum atomic E-state index is 11.6. The van der Waals surface area contributed by atoms with Crippen LogP contribution in [0.25, 0.3) is 0 Å². The quantitative estimate of drug-likeness (QED) is 0.833. The summed E-state index contributed by atoms with van der Waals surface area (Å²) in [5.41, 5.74) is 0. The normalized spacial score (nSPS) is 37.6. The first-order valence-electron chi connectivity index (χ1n) is 6.93. The minimum absolute atomic E-state index is 0.0986. The minimum Gasteiger partial charge on any atom is -0.393 e. The molecule has 2 fully saturated rings. The molecule has 0 saturated heterocycles. The maximum Gasteiger partial charge on any atom is 0.150 e. The van der Waals surface area contributed by atoms with E-state index in [-0.39, 0.29) is 11.4 Å². The van der Waals surface area contributed by atoms with Crippen molar-refractivity contribution in [2.75, 3.05) is 19.8 Å². The van der Waals surface area contributed by atoms with Gasteiger partial charge in [0.15, 0.2) is 0 Å². The van der Waals surface area contributed by atoms with Gasteiger partial charge >= 0.3 is 0 Å². The molecular weight excluding hydrogens is 250 g/mol. The molecule has 0 spiro atoms. The van der Waals surface area contributed by atoms with Gasteiger partial charge in [-0.25, -0.2) is 8.42 Å². The van der Waals surface area contributed by atoms with Gasteiger partial charge in [0.05, 0.1) is 11.4 Å². The average molecular weight is 275 g/mol. The third-order valence-electron chi connectivity index (χ3n) is 4.58. The highest BCUT2D eigenvalue weighted by Crippen LogP contribution is 2.31. The van der Waals surface area contributed by atoms with E-state index in [1.807, 2.05) is 0 Å². The van der Waals surface area contributed by atoms with Crippen LogP contribution in [0.1, 0.15) is 38.5 Å². The molecule has 2 aliphatic rings. The van der Waals surface area contributed by atoms with E-state index in [1.165, 1.54) is 6.26 Å². The van der Waals surface area contributed by atoms with Gasteiger partial charge in [0.1, 0.15) is 9.84 Å². The van der Waals surface area contributed by atoms with E-state index < -0.39 is 9.84 Å². The molecule has 0 amide bonds. The molecular formula is C13H25NO3S. The Morgan fingerprint density at radius 1 is 1.22 bits per heavy atom. The second-order valence-electron chi connectivity index (χ2n) is 6.20. The second-order valence-corrected chi connectivity index (χ2v) is 8.53. The molecule has 2 aliphatic carbocycles. The van der Waals surface area contributed by atoms with Crippen LogP contribution in [-0.2, 0) is 9.84 Å². The van der Waals surface area contributed by atoms with E-state index in [0.29, 0.717) is 12.0 Å². The number of aliphatic hydroxyl groups is 1. The molecule has 5 heteroatoms. The predicted octanol–water partition coefficient (Wildman–Crippen LogP) is 1.04. The predicted molar refractivity (Wildman–Crippen MR) is 72.2 cm³/mol. The highest BCUT2D eigenvalue weighted by atomic mass is 32.2. The van der Waals surface area contributed by atoms with Crippen LogP contribution in [0.3, 0.4) is 0 Å². The molecule has 0 radical (unpaired) electrons. The highest BCUT2D eigenvalue weighted by molar-refractivity contribution is 7.91. The SMILES string of the molecule is CN(CC1CC(O)C1)C1CCCC(S(C)(=O)=O)C1. The lowest BCUT2D eigenvalue weighted by molar-refractivity contribution is 0.0192. The lowest BCUT2D eigenvalue weighted by atomic mass is 9.81. The van der Waals surface area contributed by atoms with E-state index in [9.17, 15) is 13.5 Å². The molecule has 0 heterocycles. The van der Waals surface area contributed by atoms with Crippen LogP contribution in [0.2, 0.25) is 0 Å². The number of hydrogen-bond acceptors (Lipinski definition) is 4. The van der Waals surface area contributed by atoms with Crippen LogP contribution in [0.5, 0.6) is 0 Å². The third kappa shape index (κ3) is 3.45. The monoisotopic (exact) mass is 275 g/mol. The Morgan fingerprint density at radius 2 is 1.89 bits per heavy atom. The number of rotatable bonds is 4. The van der Waals surface area contributed by atoms with Crippen LogP contribution < -0.4 is 0 Å². The lowest BCUT2D eigenvalue weighted by Crippen LogP contribution is -2.44. The third-order valence-corrected chi connectivity index (χ3v) is 6.22. The van der Waals surface area contributed by atoms with E-state index >= 15 is 0 Å². The molecule has 2 rings (SSSR count). The fraction of sp³-hybridized carbons (Fsp3) is 1.00. The van der Waals surface area contributed by atoms with E-state index in [2.05, 4.69) is 11.9 Å². The van der Waals surface area contributed by atoms with Crippen LogP contribution in [0.15, 0.2) is 0 Å². The van der Waals surface area contributed by atoms with Crippen molar-refractivity contribution in [2.45, 2.75) is 55.9 Å². The molecule has 4 nitrogen and oxygen atoms in total. The van der Waals surface area contributed by atoms with Gasteiger partial charge in [0.2, 0.25) is 0 Å². The first kappa shape index (κ1) is 14.3. The van der Waals surface area contributed by atoms with Crippen LogP contribution in [0, 0.1) is 5.92 Å². The molecule has 0 aromatic heterocycles. The Labute approximate surface area is 110 Å². The van der Waals surface area contributed by atoms with Crippen molar-refractivity contribution in [1.29, 1.82) is 0 Å². The molecule has 2 atom stereocenters. The summed E-state index contributed by atoms with van der Waals surface area (Å²) >= 11 is 0. The van der Waals surface area contributed by atoms with E-state index in [1.54, 1.807) is 0 Å². The van der Waals surface area contributed by atoms with Crippen molar-refractivity contribution in [2.24, 2.45) is 5.92 Å². The largest absolute Gasteiger partial charge is 0.393 e. The Morgan fingerprint density at radius 3 is 2.44 bits per heavy atom. The fourth-order valence-corrected chi connectivity index (χ4v) is 4.48. The zero-order chi connectivity index (χ0) is 13.3. The summed E-state index contributed by atoms with van der Waals surface area (Å²) in [6.45, 7) is 0.998. The highest BCUT2D eigenvalue weighted by Gasteiger charge is 2.33. The first-order chi connectivity index (χ1) is 8.36. The first-order valence-corrected chi connectivity index (χ1v) is 8.89. The summed E-state index contributed by atoms with van der Waals surface area (Å²) in [6, 6.07) is 0.399. The Hall–Kier alpha value is -0.130. The second kappa shape index (κ2) is 5.47. The Balaban J connectivity index is 1.84. The summed E-state index contributed by atoms with van der Waals surface area (Å²) in [4.78, 5) is 2.31. The number of hydrogen-bond donors (Lipinski definition) is 1. The van der Waals surface area contributed by atoms with Gasteiger partial charge < -0.3 is 10.0 Å². The molecule has 1 N–H and O–H groups in total. The summed E-state index contributed by atoms with van der Waals surface area (Å²) in [5, 5.41) is 9.14. The zero-order valence-corrected chi connectivity index (χ0v) is 12.2. The Kier molecular flexibility index (Phi) is 4.34. The van der Waals surface area contributed by atoms with Gasteiger partial charge in [0.25, 0.3) is 0 Å². The van der Waals surface area contributed by atoms with Crippen molar-refractivity contribution in [3.8, 4) is 0 Å². The van der Waals surface area contributed by atoms with Gasteiger partial charge in [-0.15, -0.1) is 0 Å². The number of sulfone groups is 1. The van der Waals surface area contributed by atoms with Crippen molar-refractivity contribution >= 4 is 9.84 Å². The lowest BCUT2D eigenvalue weighted by Gasteiger charge is -2.40. The molecule has 0 bridgehead atoms. The molecule has 18 heavy (non-hydrogen) atoms. The summed E-state index contributed by atoms with van der Waals surface area (Å²) in [6.07, 6.45) is 6.81. The zero-order valence-electron chi connectivity index (χ0n) is 11.4. The van der Waals surface area contributed by atoms with E-state index in [0.717, 1.165) is 45.1 Å². The molecule has 2 unspecified atom stereocenters. The molecule has 0 aromatic rings. The maximum absolute atomic E-state index is 11.6. The average Bonchev–Trinajstić information content (AvgIpc) is 2.26. The molecule has 106 valence electrons. The summed E-state index contributed by atoms with van der Waals surface area (Å²) in [7, 11) is -0.791. The van der Waals surface area contributed by atoms with Gasteiger partial charge in [-0.05, 0) is 45.1 Å². The topological polar surface area (TPSA) is 57.6 Å².